The van der Waals surface area contributed by atoms with E-state index in [4.69, 9.17) is 25.8 Å². The van der Waals surface area contributed by atoms with Crippen molar-refractivity contribution >= 4 is 29.4 Å². The molecule has 8 heteroatoms. The number of fused-ring (bicyclic) bond motifs is 2. The van der Waals surface area contributed by atoms with E-state index < -0.39 is 5.97 Å². The molecule has 1 aromatic carbocycles. The van der Waals surface area contributed by atoms with Crippen LogP contribution in [-0.4, -0.2) is 36.0 Å². The van der Waals surface area contributed by atoms with Crippen molar-refractivity contribution in [3.63, 3.8) is 0 Å². The van der Waals surface area contributed by atoms with Crippen LogP contribution >= 0.6 is 11.6 Å². The number of carbonyl (C=O) groups excluding carboxylic acids is 3. The summed E-state index contributed by atoms with van der Waals surface area (Å²) in [4.78, 5) is 38.1. The van der Waals surface area contributed by atoms with Crippen LogP contribution in [0.5, 0.6) is 11.5 Å². The Labute approximate surface area is 161 Å². The lowest BCUT2D eigenvalue weighted by molar-refractivity contribution is -0.146. The molecular formula is C19H20ClNO6. The molecule has 2 heterocycles. The maximum atomic E-state index is 12.4. The topological polar surface area (TPSA) is 82.1 Å². The number of likely N-dealkylation sites (tertiary alicyclic amines) is 1. The molecule has 2 unspecified atom stereocenters. The van der Waals surface area contributed by atoms with Crippen LogP contribution in [0.3, 0.4) is 0 Å². The maximum Gasteiger partial charge on any atom is 0.307 e. The summed E-state index contributed by atoms with van der Waals surface area (Å²) in [6, 6.07) is 3.36. The minimum absolute atomic E-state index is 0.0186. The van der Waals surface area contributed by atoms with E-state index in [0.29, 0.717) is 22.1 Å². The molecule has 0 radical (unpaired) electrons. The highest BCUT2D eigenvalue weighted by molar-refractivity contribution is 6.32. The predicted molar refractivity (Wildman–Crippen MR) is 94.2 cm³/mol. The number of ether oxygens (including phenoxy) is 3. The third-order valence-electron chi connectivity index (χ3n) is 5.36. The van der Waals surface area contributed by atoms with E-state index in [9.17, 15) is 14.4 Å². The van der Waals surface area contributed by atoms with Crippen molar-refractivity contribution in [1.82, 2.24) is 4.90 Å². The average molecular weight is 394 g/mol. The molecule has 1 aromatic rings. The van der Waals surface area contributed by atoms with E-state index in [2.05, 4.69) is 0 Å². The van der Waals surface area contributed by atoms with Crippen LogP contribution in [0.25, 0.3) is 0 Å². The van der Waals surface area contributed by atoms with E-state index in [-0.39, 0.29) is 50.0 Å². The zero-order valence-corrected chi connectivity index (χ0v) is 15.5. The zero-order chi connectivity index (χ0) is 19.0. The lowest BCUT2D eigenvalue weighted by Gasteiger charge is -2.19. The molecule has 2 fully saturated rings. The number of carbonyl (C=O) groups is 3. The van der Waals surface area contributed by atoms with Crippen LogP contribution in [0.15, 0.2) is 12.1 Å². The molecule has 2 amide bonds. The SMILES string of the molecule is O=C(CCN1C(=O)C2CCCCC2C1=O)OCc1cc(Cl)c2c(c1)OCO2. The van der Waals surface area contributed by atoms with Crippen molar-refractivity contribution in [1.29, 1.82) is 0 Å². The summed E-state index contributed by atoms with van der Waals surface area (Å²) in [6.07, 6.45) is 3.47. The van der Waals surface area contributed by atoms with E-state index in [1.54, 1.807) is 12.1 Å². The number of amides is 2. The van der Waals surface area contributed by atoms with Crippen LogP contribution in [0.2, 0.25) is 5.02 Å². The quantitative estimate of drug-likeness (QED) is 0.565. The summed E-state index contributed by atoms with van der Waals surface area (Å²) in [5.41, 5.74) is 0.678. The number of imide groups is 1. The summed E-state index contributed by atoms with van der Waals surface area (Å²) < 4.78 is 15.8. The number of hydrogen-bond donors (Lipinski definition) is 0. The van der Waals surface area contributed by atoms with Crippen LogP contribution in [0.1, 0.15) is 37.7 Å². The standard InChI is InChI=1S/C19H20ClNO6/c20-14-7-11(8-15-17(14)27-10-26-15)9-25-16(22)5-6-21-18(23)12-3-1-2-4-13(12)19(21)24/h7-8,12-13H,1-6,9-10H2. The molecular weight excluding hydrogens is 374 g/mol. The second kappa shape index (κ2) is 7.38. The highest BCUT2D eigenvalue weighted by Crippen LogP contribution is 2.40. The van der Waals surface area contributed by atoms with Gasteiger partial charge in [-0.1, -0.05) is 24.4 Å². The van der Waals surface area contributed by atoms with Crippen LogP contribution in [0.4, 0.5) is 0 Å². The van der Waals surface area contributed by atoms with Crippen molar-refractivity contribution < 1.29 is 28.6 Å². The Kier molecular flexibility index (Phi) is 4.95. The molecule has 1 saturated heterocycles. The Morgan fingerprint density at radius 1 is 1.15 bits per heavy atom. The van der Waals surface area contributed by atoms with Crippen molar-refractivity contribution in [2.75, 3.05) is 13.3 Å². The number of esters is 1. The third kappa shape index (κ3) is 3.48. The molecule has 7 nitrogen and oxygen atoms in total. The van der Waals surface area contributed by atoms with Gasteiger partial charge in [-0.15, -0.1) is 0 Å². The van der Waals surface area contributed by atoms with Gasteiger partial charge in [0.05, 0.1) is 23.3 Å². The average Bonchev–Trinajstić information content (AvgIpc) is 3.23. The first-order valence-corrected chi connectivity index (χ1v) is 9.51. The van der Waals surface area contributed by atoms with Gasteiger partial charge in [-0.2, -0.15) is 0 Å². The molecule has 0 bridgehead atoms. The molecule has 1 aliphatic carbocycles. The van der Waals surface area contributed by atoms with Crippen molar-refractivity contribution in [2.24, 2.45) is 11.8 Å². The van der Waals surface area contributed by atoms with E-state index in [1.807, 2.05) is 0 Å². The monoisotopic (exact) mass is 393 g/mol. The number of rotatable bonds is 5. The normalized spacial score (nSPS) is 23.5. The molecule has 144 valence electrons. The van der Waals surface area contributed by atoms with Gasteiger partial charge < -0.3 is 14.2 Å². The van der Waals surface area contributed by atoms with Gasteiger partial charge in [0.25, 0.3) is 0 Å². The zero-order valence-electron chi connectivity index (χ0n) is 14.7. The van der Waals surface area contributed by atoms with Crippen molar-refractivity contribution in [2.45, 2.75) is 38.7 Å². The number of hydrogen-bond acceptors (Lipinski definition) is 6. The first-order chi connectivity index (χ1) is 13.0. The Hall–Kier alpha value is -2.28. The Balaban J connectivity index is 1.30. The van der Waals surface area contributed by atoms with Gasteiger partial charge in [0.15, 0.2) is 11.5 Å². The van der Waals surface area contributed by atoms with E-state index in [0.717, 1.165) is 25.7 Å². The van der Waals surface area contributed by atoms with Crippen LogP contribution in [-0.2, 0) is 25.7 Å². The van der Waals surface area contributed by atoms with Gasteiger partial charge in [-0.3, -0.25) is 19.3 Å². The molecule has 0 N–H and O–H groups in total. The van der Waals surface area contributed by atoms with Gasteiger partial charge in [-0.05, 0) is 30.5 Å². The number of benzene rings is 1. The van der Waals surface area contributed by atoms with Crippen molar-refractivity contribution in [3.8, 4) is 11.5 Å². The van der Waals surface area contributed by atoms with Gasteiger partial charge in [-0.25, -0.2) is 0 Å². The lowest BCUT2D eigenvalue weighted by atomic mass is 9.81. The van der Waals surface area contributed by atoms with E-state index >= 15 is 0 Å². The fraction of sp³-hybridized carbons (Fsp3) is 0.526. The second-order valence-corrected chi connectivity index (χ2v) is 7.45. The Morgan fingerprint density at radius 3 is 2.56 bits per heavy atom. The maximum absolute atomic E-state index is 12.4. The molecule has 0 spiro atoms. The van der Waals surface area contributed by atoms with Gasteiger partial charge in [0.2, 0.25) is 18.6 Å². The summed E-state index contributed by atoms with van der Waals surface area (Å²) in [5.74, 6) is -0.140. The summed E-state index contributed by atoms with van der Waals surface area (Å²) in [6.45, 7) is 0.214. The lowest BCUT2D eigenvalue weighted by Crippen LogP contribution is -2.33. The summed E-state index contributed by atoms with van der Waals surface area (Å²) in [7, 11) is 0. The van der Waals surface area contributed by atoms with Gasteiger partial charge in [0, 0.05) is 6.54 Å². The molecule has 4 rings (SSSR count). The minimum atomic E-state index is -0.473. The molecule has 3 aliphatic rings. The largest absolute Gasteiger partial charge is 0.461 e. The smallest absolute Gasteiger partial charge is 0.307 e. The minimum Gasteiger partial charge on any atom is -0.461 e. The predicted octanol–water partition coefficient (Wildman–Crippen LogP) is 2.68. The summed E-state index contributed by atoms with van der Waals surface area (Å²) in [5, 5.41) is 0.395. The highest BCUT2D eigenvalue weighted by atomic mass is 35.5. The molecule has 2 atom stereocenters. The first kappa shape index (κ1) is 18.1. The third-order valence-corrected chi connectivity index (χ3v) is 5.64. The fourth-order valence-electron chi connectivity index (χ4n) is 3.99. The summed E-state index contributed by atoms with van der Waals surface area (Å²) >= 11 is 6.10. The molecule has 27 heavy (non-hydrogen) atoms. The van der Waals surface area contributed by atoms with E-state index in [1.165, 1.54) is 4.90 Å². The fourth-order valence-corrected chi connectivity index (χ4v) is 4.28. The highest BCUT2D eigenvalue weighted by Gasteiger charge is 2.47. The molecule has 1 saturated carbocycles. The number of nitrogens with zero attached hydrogens (tertiary/aromatic N) is 1. The van der Waals surface area contributed by atoms with Gasteiger partial charge in [0.1, 0.15) is 6.61 Å². The first-order valence-electron chi connectivity index (χ1n) is 9.13. The van der Waals surface area contributed by atoms with Crippen LogP contribution < -0.4 is 9.47 Å². The Bertz CT molecular complexity index is 771. The molecule has 2 aliphatic heterocycles. The number of halogens is 1. The van der Waals surface area contributed by atoms with Crippen LogP contribution in [0, 0.1) is 11.8 Å². The van der Waals surface area contributed by atoms with Gasteiger partial charge >= 0.3 is 5.97 Å². The second-order valence-electron chi connectivity index (χ2n) is 7.05. The Morgan fingerprint density at radius 2 is 1.85 bits per heavy atom. The molecule has 0 aromatic heterocycles. The van der Waals surface area contributed by atoms with Crippen molar-refractivity contribution in [3.05, 3.63) is 22.7 Å².